The van der Waals surface area contributed by atoms with Gasteiger partial charge in [0.15, 0.2) is 5.78 Å². The minimum atomic E-state index is -0.382. The number of hydrogen-bond donors (Lipinski definition) is 1. The predicted molar refractivity (Wildman–Crippen MR) is 126 cm³/mol. The van der Waals surface area contributed by atoms with E-state index in [4.69, 9.17) is 4.74 Å². The van der Waals surface area contributed by atoms with Crippen LogP contribution in [0, 0.1) is 12.3 Å². The quantitative estimate of drug-likeness (QED) is 0.422. The van der Waals surface area contributed by atoms with Crippen molar-refractivity contribution in [2.24, 2.45) is 5.41 Å². The first-order valence-corrected chi connectivity index (χ1v) is 11.5. The number of hydrogen-bond acceptors (Lipinski definition) is 4. The Kier molecular flexibility index (Phi) is 6.87. The van der Waals surface area contributed by atoms with Gasteiger partial charge in [0, 0.05) is 15.0 Å². The van der Waals surface area contributed by atoms with Gasteiger partial charge < -0.3 is 9.84 Å². The number of aromatic hydroxyl groups is 1. The molecule has 0 aliphatic heterocycles. The van der Waals surface area contributed by atoms with E-state index in [1.54, 1.807) is 6.07 Å². The lowest BCUT2D eigenvalue weighted by atomic mass is 9.90. The molecule has 0 bridgehead atoms. The van der Waals surface area contributed by atoms with Crippen molar-refractivity contribution >= 4 is 27.2 Å². The van der Waals surface area contributed by atoms with E-state index in [1.165, 1.54) is 15.1 Å². The van der Waals surface area contributed by atoms with Crippen molar-refractivity contribution in [3.8, 4) is 11.5 Å². The third-order valence-corrected chi connectivity index (χ3v) is 6.82. The molecule has 3 nitrogen and oxygen atoms in total. The molecule has 0 aliphatic carbocycles. The third-order valence-electron chi connectivity index (χ3n) is 5.65. The molecule has 1 N–H and O–H groups in total. The molecule has 0 radical (unpaired) electrons. The van der Waals surface area contributed by atoms with Crippen LogP contribution < -0.4 is 4.74 Å². The first-order valence-electron chi connectivity index (χ1n) is 10.7. The number of benzene rings is 2. The average molecular weight is 425 g/mol. The lowest BCUT2D eigenvalue weighted by Gasteiger charge is -2.19. The Labute approximate surface area is 183 Å². The third kappa shape index (κ3) is 5.42. The summed E-state index contributed by atoms with van der Waals surface area (Å²) in [6.07, 6.45) is 3.18. The van der Waals surface area contributed by atoms with Crippen LogP contribution in [0.4, 0.5) is 0 Å². The van der Waals surface area contributed by atoms with Gasteiger partial charge in [0.05, 0.1) is 0 Å². The molecule has 3 rings (SSSR count). The first kappa shape index (κ1) is 22.4. The van der Waals surface area contributed by atoms with Crippen molar-refractivity contribution in [3.05, 3.63) is 58.5 Å². The normalized spacial score (nSPS) is 12.8. The fourth-order valence-corrected chi connectivity index (χ4v) is 4.64. The van der Waals surface area contributed by atoms with Gasteiger partial charge in [0.2, 0.25) is 0 Å². The van der Waals surface area contributed by atoms with E-state index in [1.807, 2.05) is 57.2 Å². The van der Waals surface area contributed by atoms with E-state index in [0.29, 0.717) is 11.7 Å². The minimum Gasteiger partial charge on any atom is -0.508 e. The topological polar surface area (TPSA) is 46.5 Å². The number of thiophene rings is 1. The number of rotatable bonds is 8. The van der Waals surface area contributed by atoms with Crippen LogP contribution in [0.25, 0.3) is 10.1 Å². The second-order valence-electron chi connectivity index (χ2n) is 9.07. The number of ether oxygens (including phenoxy) is 1. The van der Waals surface area contributed by atoms with Gasteiger partial charge in [0.1, 0.15) is 18.1 Å². The molecular weight excluding hydrogens is 392 g/mol. The van der Waals surface area contributed by atoms with Gasteiger partial charge >= 0.3 is 0 Å². The zero-order valence-corrected chi connectivity index (χ0v) is 19.4. The van der Waals surface area contributed by atoms with Crippen LogP contribution in [-0.2, 0) is 11.2 Å². The van der Waals surface area contributed by atoms with E-state index < -0.39 is 0 Å². The number of aryl methyl sites for hydroxylation is 2. The van der Waals surface area contributed by atoms with Crippen molar-refractivity contribution < 1.29 is 14.6 Å². The number of ketones is 1. The molecular formula is C26H32O3S. The Balaban J connectivity index is 1.65. The van der Waals surface area contributed by atoms with Gasteiger partial charge in [-0.05, 0) is 78.9 Å². The molecule has 4 heteroatoms. The maximum absolute atomic E-state index is 12.1. The Morgan fingerprint density at radius 1 is 1.13 bits per heavy atom. The van der Waals surface area contributed by atoms with Crippen molar-refractivity contribution in [1.29, 1.82) is 0 Å². The highest BCUT2D eigenvalue weighted by Crippen LogP contribution is 2.33. The molecule has 1 heterocycles. The zero-order valence-electron chi connectivity index (χ0n) is 18.6. The van der Waals surface area contributed by atoms with Gasteiger partial charge in [-0.3, -0.25) is 4.79 Å². The number of phenolic OH excluding ortho intramolecular Hbond substituents is 1. The van der Waals surface area contributed by atoms with Gasteiger partial charge in [-0.15, -0.1) is 11.3 Å². The smallest absolute Gasteiger partial charge is 0.175 e. The highest BCUT2D eigenvalue weighted by molar-refractivity contribution is 7.19. The molecule has 0 spiro atoms. The Hall–Kier alpha value is -2.33. The van der Waals surface area contributed by atoms with Gasteiger partial charge in [-0.25, -0.2) is 0 Å². The van der Waals surface area contributed by atoms with E-state index in [9.17, 15) is 9.90 Å². The molecule has 1 unspecified atom stereocenters. The van der Waals surface area contributed by atoms with Crippen molar-refractivity contribution in [3.63, 3.8) is 0 Å². The monoisotopic (exact) mass is 424 g/mol. The summed E-state index contributed by atoms with van der Waals surface area (Å²) in [5.41, 5.74) is 2.01. The van der Waals surface area contributed by atoms with E-state index >= 15 is 0 Å². The molecule has 30 heavy (non-hydrogen) atoms. The Morgan fingerprint density at radius 2 is 1.90 bits per heavy atom. The van der Waals surface area contributed by atoms with Gasteiger partial charge in [0.25, 0.3) is 0 Å². The zero-order chi connectivity index (χ0) is 21.9. The summed E-state index contributed by atoms with van der Waals surface area (Å²) in [5.74, 6) is 1.69. The molecule has 0 saturated heterocycles. The predicted octanol–water partition coefficient (Wildman–Crippen LogP) is 7.04. The molecule has 0 amide bonds. The summed E-state index contributed by atoms with van der Waals surface area (Å²) in [6.45, 7) is 10.1. The SMILES string of the molecule is CCC(CCc1cc2cc(O)ccc2s1)c1ccc(OCC(=O)C(C)(C)C)c(C)c1. The van der Waals surface area contributed by atoms with E-state index in [-0.39, 0.29) is 17.8 Å². The highest BCUT2D eigenvalue weighted by Gasteiger charge is 2.22. The van der Waals surface area contributed by atoms with Crippen LogP contribution in [0.2, 0.25) is 0 Å². The van der Waals surface area contributed by atoms with E-state index in [0.717, 1.165) is 36.0 Å². The largest absolute Gasteiger partial charge is 0.508 e. The summed E-state index contributed by atoms with van der Waals surface area (Å²) < 4.78 is 7.02. The van der Waals surface area contributed by atoms with Gasteiger partial charge in [-0.1, -0.05) is 39.8 Å². The second-order valence-corrected chi connectivity index (χ2v) is 10.2. The molecule has 2 aromatic carbocycles. The highest BCUT2D eigenvalue weighted by atomic mass is 32.1. The van der Waals surface area contributed by atoms with Crippen LogP contribution in [0.3, 0.4) is 0 Å². The lowest BCUT2D eigenvalue weighted by Crippen LogP contribution is -2.26. The van der Waals surface area contributed by atoms with Crippen molar-refractivity contribution in [1.82, 2.24) is 0 Å². The van der Waals surface area contributed by atoms with Crippen LogP contribution in [0.1, 0.15) is 62.5 Å². The second kappa shape index (κ2) is 9.22. The molecule has 0 aliphatic rings. The molecule has 1 atom stereocenters. The lowest BCUT2D eigenvalue weighted by molar-refractivity contribution is -0.128. The number of phenols is 1. The molecule has 1 aromatic heterocycles. The van der Waals surface area contributed by atoms with E-state index in [2.05, 4.69) is 25.1 Å². The summed E-state index contributed by atoms with van der Waals surface area (Å²) in [4.78, 5) is 13.5. The molecule has 0 saturated carbocycles. The van der Waals surface area contributed by atoms with Crippen molar-refractivity contribution in [2.45, 2.75) is 59.8 Å². The fourth-order valence-electron chi connectivity index (χ4n) is 3.58. The van der Waals surface area contributed by atoms with Crippen LogP contribution in [0.5, 0.6) is 11.5 Å². The fraction of sp³-hybridized carbons (Fsp3) is 0.423. The minimum absolute atomic E-state index is 0.106. The average Bonchev–Trinajstić information content (AvgIpc) is 3.08. The first-order chi connectivity index (χ1) is 14.2. The van der Waals surface area contributed by atoms with Crippen LogP contribution in [0.15, 0.2) is 42.5 Å². The number of carbonyl (C=O) groups is 1. The summed E-state index contributed by atoms with van der Waals surface area (Å²) in [5, 5.41) is 10.8. The van der Waals surface area contributed by atoms with Crippen LogP contribution in [-0.4, -0.2) is 17.5 Å². The summed E-state index contributed by atoms with van der Waals surface area (Å²) in [6, 6.07) is 14.1. The maximum Gasteiger partial charge on any atom is 0.175 e. The Morgan fingerprint density at radius 3 is 2.57 bits per heavy atom. The summed E-state index contributed by atoms with van der Waals surface area (Å²) in [7, 11) is 0. The Bertz CT molecular complexity index is 1030. The van der Waals surface area contributed by atoms with Crippen molar-refractivity contribution in [2.75, 3.05) is 6.61 Å². The van der Waals surface area contributed by atoms with Gasteiger partial charge in [-0.2, -0.15) is 0 Å². The number of Topliss-reactive ketones (excluding diaryl/α,β-unsaturated/α-hetero) is 1. The molecule has 160 valence electrons. The maximum atomic E-state index is 12.1. The number of carbonyl (C=O) groups excluding carboxylic acids is 1. The van der Waals surface area contributed by atoms with Crippen LogP contribution >= 0.6 is 11.3 Å². The molecule has 3 aromatic rings. The summed E-state index contributed by atoms with van der Waals surface area (Å²) >= 11 is 1.81. The number of fused-ring (bicyclic) bond motifs is 1. The molecule has 0 fully saturated rings. The standard InChI is InChI=1S/C26H32O3S/c1-6-18(7-10-22-15-20-14-21(27)9-12-24(20)30-22)19-8-11-23(17(2)13-19)29-16-25(28)26(3,4)5/h8-9,11-15,18,27H,6-7,10,16H2,1-5H3.